The maximum atomic E-state index is 10.9. The Balaban J connectivity index is 2.75. The molecule has 0 spiro atoms. The van der Waals surface area contributed by atoms with Crippen LogP contribution in [0.4, 0.5) is 0 Å². The summed E-state index contributed by atoms with van der Waals surface area (Å²) in [5.41, 5.74) is 0.534. The molecule has 1 aliphatic heterocycles. The molecule has 10 heavy (non-hydrogen) atoms. The van der Waals surface area contributed by atoms with E-state index in [0.717, 1.165) is 13.0 Å². The van der Waals surface area contributed by atoms with Crippen LogP contribution in [0.15, 0.2) is 11.3 Å². The van der Waals surface area contributed by atoms with E-state index in [1.165, 1.54) is 0 Å². The first-order valence-corrected chi connectivity index (χ1v) is 3.38. The number of hydrogen-bond donors (Lipinski definition) is 2. The van der Waals surface area contributed by atoms with Gasteiger partial charge in [0, 0.05) is 6.54 Å². The van der Waals surface area contributed by atoms with Gasteiger partial charge in [-0.3, -0.25) is 4.79 Å². The zero-order chi connectivity index (χ0) is 7.56. The van der Waals surface area contributed by atoms with Crippen LogP contribution >= 0.6 is 0 Å². The number of allylic oxidation sites excluding steroid dienone is 1. The smallest absolute Gasteiger partial charge is 0.250 e. The third-order valence-electron chi connectivity index (χ3n) is 1.60. The fourth-order valence-electron chi connectivity index (χ4n) is 1.03. The molecule has 56 valence electrons. The van der Waals surface area contributed by atoms with Crippen molar-refractivity contribution in [1.82, 2.24) is 5.32 Å². The van der Waals surface area contributed by atoms with Gasteiger partial charge in [-0.25, -0.2) is 0 Å². The second-order valence-electron chi connectivity index (χ2n) is 2.42. The molecule has 0 radical (unpaired) electrons. The molecule has 3 heteroatoms. The molecule has 1 aliphatic rings. The summed E-state index contributed by atoms with van der Waals surface area (Å²) in [5.74, 6) is 0.0310. The van der Waals surface area contributed by atoms with Gasteiger partial charge in [-0.2, -0.15) is 0 Å². The normalized spacial score (nSPS) is 23.9. The lowest BCUT2D eigenvalue weighted by Crippen LogP contribution is -2.31. The van der Waals surface area contributed by atoms with E-state index in [1.807, 2.05) is 0 Å². The standard InChI is InChI=1S/C7H11NO2/c1-5(9)6-3-2-4-8-7(6)10/h9H,2-4H2,1H3,(H,8,10)/b6-5+. The fraction of sp³-hybridized carbons (Fsp3) is 0.571. The summed E-state index contributed by atoms with van der Waals surface area (Å²) >= 11 is 0. The number of rotatable bonds is 0. The average Bonchev–Trinajstić information content (AvgIpc) is 1.88. The SMILES string of the molecule is C/C(O)=C1/CCCNC1=O. The number of amides is 1. The Hall–Kier alpha value is -0.990. The van der Waals surface area contributed by atoms with Crippen molar-refractivity contribution in [2.24, 2.45) is 0 Å². The second kappa shape index (κ2) is 2.73. The number of aliphatic hydroxyl groups is 1. The highest BCUT2D eigenvalue weighted by Crippen LogP contribution is 2.12. The van der Waals surface area contributed by atoms with E-state index in [-0.39, 0.29) is 11.7 Å². The van der Waals surface area contributed by atoms with Gasteiger partial charge >= 0.3 is 0 Å². The minimum atomic E-state index is -0.119. The lowest BCUT2D eigenvalue weighted by atomic mass is 10.1. The number of piperidine rings is 1. The summed E-state index contributed by atoms with van der Waals surface area (Å²) in [7, 11) is 0. The molecule has 0 saturated carbocycles. The summed E-state index contributed by atoms with van der Waals surface area (Å²) in [5, 5.41) is 11.6. The van der Waals surface area contributed by atoms with Crippen molar-refractivity contribution in [2.45, 2.75) is 19.8 Å². The third-order valence-corrected chi connectivity index (χ3v) is 1.60. The van der Waals surface area contributed by atoms with Gasteiger partial charge in [0.1, 0.15) is 0 Å². The van der Waals surface area contributed by atoms with Crippen LogP contribution in [0.2, 0.25) is 0 Å². The van der Waals surface area contributed by atoms with E-state index < -0.39 is 0 Å². The van der Waals surface area contributed by atoms with Gasteiger partial charge in [0.05, 0.1) is 11.3 Å². The van der Waals surface area contributed by atoms with Crippen molar-refractivity contribution in [1.29, 1.82) is 0 Å². The van der Waals surface area contributed by atoms with Gasteiger partial charge in [0.15, 0.2) is 0 Å². The summed E-state index contributed by atoms with van der Waals surface area (Å²) in [6, 6.07) is 0. The molecular weight excluding hydrogens is 130 g/mol. The number of carbonyl (C=O) groups excluding carboxylic acids is 1. The van der Waals surface area contributed by atoms with Crippen LogP contribution in [-0.4, -0.2) is 17.6 Å². The van der Waals surface area contributed by atoms with Crippen LogP contribution in [0.3, 0.4) is 0 Å². The van der Waals surface area contributed by atoms with Gasteiger partial charge in [-0.15, -0.1) is 0 Å². The summed E-state index contributed by atoms with van der Waals surface area (Å²) in [6.45, 7) is 2.27. The number of carbonyl (C=O) groups is 1. The monoisotopic (exact) mass is 141 g/mol. The van der Waals surface area contributed by atoms with Crippen molar-refractivity contribution >= 4 is 5.91 Å². The highest BCUT2D eigenvalue weighted by atomic mass is 16.3. The molecule has 3 nitrogen and oxygen atoms in total. The molecule has 1 amide bonds. The Labute approximate surface area is 59.7 Å². The van der Waals surface area contributed by atoms with E-state index in [4.69, 9.17) is 5.11 Å². The quantitative estimate of drug-likeness (QED) is 0.386. The van der Waals surface area contributed by atoms with Crippen LogP contribution < -0.4 is 5.32 Å². The van der Waals surface area contributed by atoms with Crippen LogP contribution in [0.5, 0.6) is 0 Å². The minimum Gasteiger partial charge on any atom is -0.512 e. The van der Waals surface area contributed by atoms with E-state index in [9.17, 15) is 4.79 Å². The Bertz CT molecular complexity index is 180. The van der Waals surface area contributed by atoms with Crippen molar-refractivity contribution in [3.63, 3.8) is 0 Å². The van der Waals surface area contributed by atoms with Gasteiger partial charge in [-0.1, -0.05) is 0 Å². The van der Waals surface area contributed by atoms with Crippen LogP contribution in [0.1, 0.15) is 19.8 Å². The van der Waals surface area contributed by atoms with Crippen molar-refractivity contribution < 1.29 is 9.90 Å². The maximum Gasteiger partial charge on any atom is 0.250 e. The highest BCUT2D eigenvalue weighted by Gasteiger charge is 2.15. The first-order valence-electron chi connectivity index (χ1n) is 3.38. The Morgan fingerprint density at radius 3 is 2.80 bits per heavy atom. The van der Waals surface area contributed by atoms with Gasteiger partial charge < -0.3 is 10.4 Å². The van der Waals surface area contributed by atoms with Crippen molar-refractivity contribution in [3.8, 4) is 0 Å². The summed E-state index contributed by atoms with van der Waals surface area (Å²) in [6.07, 6.45) is 1.63. The lowest BCUT2D eigenvalue weighted by Gasteiger charge is -2.14. The van der Waals surface area contributed by atoms with Crippen LogP contribution in [0.25, 0.3) is 0 Å². The zero-order valence-corrected chi connectivity index (χ0v) is 5.98. The first-order chi connectivity index (χ1) is 4.72. The molecule has 0 bridgehead atoms. The molecule has 0 aromatic carbocycles. The van der Waals surface area contributed by atoms with Gasteiger partial charge in [0.2, 0.25) is 0 Å². The molecule has 1 rings (SSSR count). The fourth-order valence-corrected chi connectivity index (χ4v) is 1.03. The Morgan fingerprint density at radius 1 is 1.70 bits per heavy atom. The average molecular weight is 141 g/mol. The van der Waals surface area contributed by atoms with Gasteiger partial charge in [0.25, 0.3) is 5.91 Å². The Morgan fingerprint density at radius 2 is 2.40 bits per heavy atom. The summed E-state index contributed by atoms with van der Waals surface area (Å²) in [4.78, 5) is 10.9. The molecule has 0 aromatic heterocycles. The molecule has 0 aromatic rings. The molecule has 2 N–H and O–H groups in total. The van der Waals surface area contributed by atoms with Crippen molar-refractivity contribution in [2.75, 3.05) is 6.54 Å². The van der Waals surface area contributed by atoms with Crippen molar-refractivity contribution in [3.05, 3.63) is 11.3 Å². The molecule has 1 fully saturated rings. The topological polar surface area (TPSA) is 49.3 Å². The van der Waals surface area contributed by atoms with Crippen LogP contribution in [-0.2, 0) is 4.79 Å². The Kier molecular flexibility index (Phi) is 1.94. The highest BCUT2D eigenvalue weighted by molar-refractivity contribution is 5.94. The second-order valence-corrected chi connectivity index (χ2v) is 2.42. The molecule has 0 atom stereocenters. The molecule has 1 heterocycles. The maximum absolute atomic E-state index is 10.9. The molecular formula is C7H11NO2. The first kappa shape index (κ1) is 7.12. The largest absolute Gasteiger partial charge is 0.512 e. The van der Waals surface area contributed by atoms with E-state index in [2.05, 4.69) is 5.32 Å². The third kappa shape index (κ3) is 1.29. The zero-order valence-electron chi connectivity index (χ0n) is 5.98. The molecule has 0 unspecified atom stereocenters. The van der Waals surface area contributed by atoms with E-state index in [1.54, 1.807) is 6.92 Å². The predicted molar refractivity (Wildman–Crippen MR) is 37.6 cm³/mol. The van der Waals surface area contributed by atoms with Gasteiger partial charge in [-0.05, 0) is 19.8 Å². The summed E-state index contributed by atoms with van der Waals surface area (Å²) < 4.78 is 0. The number of nitrogens with one attached hydrogen (secondary N) is 1. The lowest BCUT2D eigenvalue weighted by molar-refractivity contribution is -0.118. The molecule has 1 saturated heterocycles. The molecule has 0 aliphatic carbocycles. The number of hydrogen-bond acceptors (Lipinski definition) is 2. The van der Waals surface area contributed by atoms with Crippen LogP contribution in [0, 0.1) is 0 Å². The van der Waals surface area contributed by atoms with E-state index in [0.29, 0.717) is 12.0 Å². The predicted octanol–water partition coefficient (Wildman–Crippen LogP) is 0.728. The minimum absolute atomic E-state index is 0.119. The van der Waals surface area contributed by atoms with E-state index >= 15 is 0 Å². The number of aliphatic hydroxyl groups excluding tert-OH is 1.